The molecule has 1 amide bonds. The number of amides is 1. The van der Waals surface area contributed by atoms with Gasteiger partial charge in [-0.3, -0.25) is 4.79 Å². The molecule has 0 fully saturated rings. The van der Waals surface area contributed by atoms with Crippen LogP contribution < -0.4 is 5.32 Å². The van der Waals surface area contributed by atoms with Crippen molar-refractivity contribution in [2.75, 3.05) is 0 Å². The molecular formula is C13H15BrF3NO. The Bertz CT molecular complexity index is 431. The summed E-state index contributed by atoms with van der Waals surface area (Å²) >= 11 is 3.22. The minimum atomic E-state index is -4.34. The highest BCUT2D eigenvalue weighted by molar-refractivity contribution is 9.10. The van der Waals surface area contributed by atoms with Crippen molar-refractivity contribution in [2.45, 2.75) is 37.3 Å². The van der Waals surface area contributed by atoms with Crippen LogP contribution in [0.3, 0.4) is 0 Å². The zero-order chi connectivity index (χ0) is 14.6. The minimum absolute atomic E-state index is 0.171. The third kappa shape index (κ3) is 4.53. The van der Waals surface area contributed by atoms with Crippen LogP contribution in [-0.2, 0) is 11.0 Å². The maximum atomic E-state index is 12.4. The van der Waals surface area contributed by atoms with E-state index in [1.165, 1.54) is 12.1 Å². The molecule has 0 aromatic heterocycles. The van der Waals surface area contributed by atoms with Crippen molar-refractivity contribution in [3.05, 3.63) is 35.4 Å². The molecule has 0 saturated carbocycles. The van der Waals surface area contributed by atoms with E-state index >= 15 is 0 Å². The predicted octanol–water partition coefficient (Wildman–Crippen LogP) is 4.06. The van der Waals surface area contributed by atoms with E-state index in [9.17, 15) is 18.0 Å². The molecule has 1 aromatic carbocycles. The molecule has 2 atom stereocenters. The second kappa shape index (κ2) is 6.41. The summed E-state index contributed by atoms with van der Waals surface area (Å²) in [5.74, 6) is -0.171. The third-order valence-electron chi connectivity index (χ3n) is 2.74. The van der Waals surface area contributed by atoms with Crippen LogP contribution in [-0.4, -0.2) is 10.7 Å². The Morgan fingerprint density at radius 1 is 1.32 bits per heavy atom. The van der Waals surface area contributed by atoms with Crippen LogP contribution in [0.2, 0.25) is 0 Å². The van der Waals surface area contributed by atoms with E-state index < -0.39 is 11.7 Å². The van der Waals surface area contributed by atoms with Crippen molar-refractivity contribution >= 4 is 21.8 Å². The molecule has 0 saturated heterocycles. The average molecular weight is 338 g/mol. The van der Waals surface area contributed by atoms with Crippen LogP contribution in [0.25, 0.3) is 0 Å². The van der Waals surface area contributed by atoms with E-state index in [1.807, 2.05) is 6.92 Å². The molecule has 2 unspecified atom stereocenters. The number of nitrogens with one attached hydrogen (secondary N) is 1. The highest BCUT2D eigenvalue weighted by Crippen LogP contribution is 2.29. The lowest BCUT2D eigenvalue weighted by Gasteiger charge is -2.17. The van der Waals surface area contributed by atoms with Gasteiger partial charge in [0.15, 0.2) is 0 Å². The topological polar surface area (TPSA) is 29.1 Å². The van der Waals surface area contributed by atoms with Crippen molar-refractivity contribution in [1.29, 1.82) is 0 Å². The number of halogens is 4. The summed E-state index contributed by atoms with van der Waals surface area (Å²) in [6, 6.07) is 4.46. The predicted molar refractivity (Wildman–Crippen MR) is 71.0 cm³/mol. The van der Waals surface area contributed by atoms with Gasteiger partial charge in [0.05, 0.1) is 16.4 Å². The van der Waals surface area contributed by atoms with Gasteiger partial charge in [0, 0.05) is 0 Å². The Hall–Kier alpha value is -1.04. The van der Waals surface area contributed by atoms with Gasteiger partial charge in [0.25, 0.3) is 0 Å². The Kier molecular flexibility index (Phi) is 5.40. The number of rotatable bonds is 4. The van der Waals surface area contributed by atoms with Crippen molar-refractivity contribution in [3.8, 4) is 0 Å². The fraction of sp³-hybridized carbons (Fsp3) is 0.462. The second-order valence-electron chi connectivity index (χ2n) is 4.23. The molecule has 19 heavy (non-hydrogen) atoms. The Morgan fingerprint density at radius 2 is 1.84 bits per heavy atom. The van der Waals surface area contributed by atoms with Crippen LogP contribution in [0.5, 0.6) is 0 Å². The molecule has 1 rings (SSSR count). The molecule has 0 bridgehead atoms. The Balaban J connectivity index is 2.73. The molecule has 2 nitrogen and oxygen atoms in total. The maximum absolute atomic E-state index is 12.4. The van der Waals surface area contributed by atoms with Crippen molar-refractivity contribution in [1.82, 2.24) is 5.32 Å². The van der Waals surface area contributed by atoms with Crippen LogP contribution in [0.15, 0.2) is 24.3 Å². The van der Waals surface area contributed by atoms with Crippen LogP contribution in [0.1, 0.15) is 37.4 Å². The highest BCUT2D eigenvalue weighted by Gasteiger charge is 2.30. The number of carbonyl (C=O) groups excluding carboxylic acids is 1. The lowest BCUT2D eigenvalue weighted by Crippen LogP contribution is -2.32. The first-order chi connectivity index (χ1) is 8.75. The largest absolute Gasteiger partial charge is 0.416 e. The van der Waals surface area contributed by atoms with E-state index in [0.29, 0.717) is 12.0 Å². The summed E-state index contributed by atoms with van der Waals surface area (Å²) in [4.78, 5) is 11.4. The van der Waals surface area contributed by atoms with Crippen molar-refractivity contribution in [3.63, 3.8) is 0 Å². The fourth-order valence-electron chi connectivity index (χ4n) is 1.53. The molecule has 0 aliphatic carbocycles. The van der Waals surface area contributed by atoms with Gasteiger partial charge < -0.3 is 5.32 Å². The molecule has 0 heterocycles. The summed E-state index contributed by atoms with van der Waals surface area (Å²) in [5.41, 5.74) is -0.0566. The molecule has 0 aliphatic heterocycles. The highest BCUT2D eigenvalue weighted by atomic mass is 79.9. The van der Waals surface area contributed by atoms with E-state index in [0.717, 1.165) is 12.1 Å². The number of hydrogen-bond donors (Lipinski definition) is 1. The number of alkyl halides is 4. The fourth-order valence-corrected chi connectivity index (χ4v) is 1.67. The first-order valence-corrected chi connectivity index (χ1v) is 6.79. The molecule has 1 N–H and O–H groups in total. The molecule has 0 radical (unpaired) electrons. The molecular weight excluding hydrogens is 323 g/mol. The zero-order valence-electron chi connectivity index (χ0n) is 10.6. The summed E-state index contributed by atoms with van der Waals surface area (Å²) in [7, 11) is 0. The summed E-state index contributed by atoms with van der Waals surface area (Å²) < 4.78 is 37.2. The van der Waals surface area contributed by atoms with Crippen LogP contribution >= 0.6 is 15.9 Å². The van der Waals surface area contributed by atoms with E-state index in [-0.39, 0.29) is 16.8 Å². The normalized spacial score (nSPS) is 14.8. The van der Waals surface area contributed by atoms with Gasteiger partial charge in [-0.1, -0.05) is 35.0 Å². The minimum Gasteiger partial charge on any atom is -0.349 e. The smallest absolute Gasteiger partial charge is 0.349 e. The second-order valence-corrected chi connectivity index (χ2v) is 5.33. The van der Waals surface area contributed by atoms with Gasteiger partial charge in [0.2, 0.25) is 5.91 Å². The van der Waals surface area contributed by atoms with Gasteiger partial charge in [-0.25, -0.2) is 0 Å². The molecule has 0 aliphatic rings. The Labute approximate surface area is 118 Å². The van der Waals surface area contributed by atoms with Gasteiger partial charge in [-0.05, 0) is 31.0 Å². The number of carbonyl (C=O) groups is 1. The van der Waals surface area contributed by atoms with Crippen LogP contribution in [0.4, 0.5) is 13.2 Å². The van der Waals surface area contributed by atoms with Gasteiger partial charge in [0.1, 0.15) is 0 Å². The quantitative estimate of drug-likeness (QED) is 0.825. The molecule has 0 spiro atoms. The Morgan fingerprint density at radius 3 is 2.26 bits per heavy atom. The van der Waals surface area contributed by atoms with Gasteiger partial charge in [-0.15, -0.1) is 0 Å². The summed E-state index contributed by atoms with van der Waals surface area (Å²) in [6.07, 6.45) is -3.69. The average Bonchev–Trinajstić information content (AvgIpc) is 2.36. The van der Waals surface area contributed by atoms with Crippen molar-refractivity contribution in [2.24, 2.45) is 0 Å². The lowest BCUT2D eigenvalue weighted by molar-refractivity contribution is -0.137. The van der Waals surface area contributed by atoms with Crippen molar-refractivity contribution < 1.29 is 18.0 Å². The summed E-state index contributed by atoms with van der Waals surface area (Å²) in [5, 5.41) is 2.74. The molecule has 6 heteroatoms. The van der Waals surface area contributed by atoms with E-state index in [4.69, 9.17) is 0 Å². The first kappa shape index (κ1) is 16.0. The third-order valence-corrected chi connectivity index (χ3v) is 3.80. The van der Waals surface area contributed by atoms with E-state index in [2.05, 4.69) is 21.2 Å². The number of benzene rings is 1. The van der Waals surface area contributed by atoms with Gasteiger partial charge in [-0.2, -0.15) is 13.2 Å². The number of hydrogen-bond acceptors (Lipinski definition) is 1. The summed E-state index contributed by atoms with van der Waals surface area (Å²) in [6.45, 7) is 3.59. The molecule has 1 aromatic rings. The SMILES string of the molecule is CCC(Br)C(=O)NC(C)c1ccc(C(F)(F)F)cc1. The zero-order valence-corrected chi connectivity index (χ0v) is 12.2. The maximum Gasteiger partial charge on any atom is 0.416 e. The van der Waals surface area contributed by atoms with Crippen LogP contribution in [0, 0.1) is 0 Å². The standard InChI is InChI=1S/C13H15BrF3NO/c1-3-11(14)12(19)18-8(2)9-4-6-10(7-5-9)13(15,16)17/h4-8,11H,3H2,1-2H3,(H,18,19). The monoisotopic (exact) mass is 337 g/mol. The molecule has 106 valence electrons. The van der Waals surface area contributed by atoms with E-state index in [1.54, 1.807) is 6.92 Å². The first-order valence-electron chi connectivity index (χ1n) is 5.87. The van der Waals surface area contributed by atoms with Gasteiger partial charge >= 0.3 is 6.18 Å². The lowest BCUT2D eigenvalue weighted by atomic mass is 10.1.